The SMILES string of the molecule is CCCCCC[N+](CCCC)(CCCC)C(CCC)C(CCCCC)OB(OCCCC)OCCCC.[CH2-]CCC. The molecule has 0 N–H and O–H groups in total. The van der Waals surface area contributed by atoms with E-state index in [-0.39, 0.29) is 6.10 Å². The summed E-state index contributed by atoms with van der Waals surface area (Å²) in [6.07, 6.45) is 24.7. The molecule has 4 nitrogen and oxygen atoms in total. The lowest BCUT2D eigenvalue weighted by molar-refractivity contribution is -0.955. The van der Waals surface area contributed by atoms with E-state index >= 15 is 0 Å². The average Bonchev–Trinajstić information content (AvgIpc) is 2.99. The van der Waals surface area contributed by atoms with Crippen LogP contribution in [0.1, 0.15) is 184 Å². The Kier molecular flexibility index (Phi) is 34.4. The zero-order chi connectivity index (χ0) is 31.0. The highest BCUT2D eigenvalue weighted by atomic mass is 16.7. The number of quaternary nitrogens is 1. The molecule has 0 amide bonds. The van der Waals surface area contributed by atoms with Crippen molar-refractivity contribution in [2.75, 3.05) is 32.8 Å². The van der Waals surface area contributed by atoms with Crippen molar-refractivity contribution < 1.29 is 18.4 Å². The van der Waals surface area contributed by atoms with E-state index < -0.39 is 7.32 Å². The van der Waals surface area contributed by atoms with Crippen LogP contribution in [0.15, 0.2) is 0 Å². The van der Waals surface area contributed by atoms with Crippen LogP contribution in [-0.2, 0) is 14.0 Å². The van der Waals surface area contributed by atoms with Crippen molar-refractivity contribution in [2.24, 2.45) is 0 Å². The molecule has 0 spiro atoms. The van der Waals surface area contributed by atoms with Gasteiger partial charge in [0.05, 0.1) is 25.7 Å². The number of nitrogens with zero attached hydrogens (tertiary/aromatic N) is 1. The van der Waals surface area contributed by atoms with Gasteiger partial charge in [-0.05, 0) is 44.9 Å². The zero-order valence-electron chi connectivity index (χ0n) is 29.8. The first-order chi connectivity index (χ1) is 20.0. The summed E-state index contributed by atoms with van der Waals surface area (Å²) in [4.78, 5) is 0. The minimum Gasteiger partial charge on any atom is -0.386 e. The van der Waals surface area contributed by atoms with E-state index in [4.69, 9.17) is 14.0 Å². The van der Waals surface area contributed by atoms with Gasteiger partial charge < -0.3 is 25.4 Å². The normalized spacial score (nSPS) is 13.1. The van der Waals surface area contributed by atoms with Crippen molar-refractivity contribution in [1.29, 1.82) is 0 Å². The highest BCUT2D eigenvalue weighted by molar-refractivity contribution is 6.36. The molecule has 248 valence electrons. The van der Waals surface area contributed by atoms with Crippen LogP contribution in [0.25, 0.3) is 0 Å². The predicted octanol–water partition coefficient (Wildman–Crippen LogP) is 11.4. The van der Waals surface area contributed by atoms with Crippen molar-refractivity contribution in [3.63, 3.8) is 0 Å². The molecule has 0 fully saturated rings. The number of hydrogen-bond donors (Lipinski definition) is 0. The minimum absolute atomic E-state index is 0.194. The first kappa shape index (κ1) is 43.0. The van der Waals surface area contributed by atoms with Gasteiger partial charge in [-0.25, -0.2) is 0 Å². The molecule has 0 bridgehead atoms. The molecular weight excluding hydrogens is 505 g/mol. The fraction of sp³-hybridized carbons (Fsp3) is 0.972. The van der Waals surface area contributed by atoms with Crippen molar-refractivity contribution in [3.8, 4) is 0 Å². The lowest BCUT2D eigenvalue weighted by Crippen LogP contribution is -2.62. The fourth-order valence-electron chi connectivity index (χ4n) is 5.60. The molecule has 0 aromatic carbocycles. The lowest BCUT2D eigenvalue weighted by Gasteiger charge is -2.49. The van der Waals surface area contributed by atoms with Gasteiger partial charge in [0.25, 0.3) is 0 Å². The highest BCUT2D eigenvalue weighted by Gasteiger charge is 2.43. The van der Waals surface area contributed by atoms with E-state index in [0.717, 1.165) is 51.7 Å². The topological polar surface area (TPSA) is 27.7 Å². The molecule has 41 heavy (non-hydrogen) atoms. The average molecular weight is 584 g/mol. The maximum absolute atomic E-state index is 6.94. The van der Waals surface area contributed by atoms with Crippen LogP contribution in [0.2, 0.25) is 0 Å². The molecule has 0 aromatic rings. The predicted molar refractivity (Wildman–Crippen MR) is 184 cm³/mol. The van der Waals surface area contributed by atoms with Gasteiger partial charge in [-0.3, -0.25) is 0 Å². The second-order valence-corrected chi connectivity index (χ2v) is 12.3. The van der Waals surface area contributed by atoms with Gasteiger partial charge in [0.1, 0.15) is 6.04 Å². The third-order valence-corrected chi connectivity index (χ3v) is 8.32. The second kappa shape index (κ2) is 32.8. The van der Waals surface area contributed by atoms with E-state index in [1.54, 1.807) is 0 Å². The minimum atomic E-state index is -0.525. The molecule has 0 saturated heterocycles. The third kappa shape index (κ3) is 23.0. The highest BCUT2D eigenvalue weighted by Crippen LogP contribution is 2.30. The molecule has 0 heterocycles. The molecule has 0 aliphatic rings. The molecule has 0 aliphatic heterocycles. The molecule has 0 aliphatic carbocycles. The first-order valence-electron chi connectivity index (χ1n) is 18.5. The lowest BCUT2D eigenvalue weighted by atomic mass is 9.92. The van der Waals surface area contributed by atoms with Gasteiger partial charge >= 0.3 is 7.32 Å². The van der Waals surface area contributed by atoms with Crippen molar-refractivity contribution in [1.82, 2.24) is 0 Å². The molecule has 2 unspecified atom stereocenters. The summed E-state index contributed by atoms with van der Waals surface area (Å²) >= 11 is 0. The number of hydrogen-bond acceptors (Lipinski definition) is 3. The largest absolute Gasteiger partial charge is 0.639 e. The van der Waals surface area contributed by atoms with Crippen LogP contribution in [0, 0.1) is 6.92 Å². The monoisotopic (exact) mass is 584 g/mol. The Hall–Kier alpha value is -0.0951. The summed E-state index contributed by atoms with van der Waals surface area (Å²) in [5, 5.41) is 0. The Morgan fingerprint density at radius 2 is 0.976 bits per heavy atom. The van der Waals surface area contributed by atoms with Crippen LogP contribution in [0.4, 0.5) is 0 Å². The van der Waals surface area contributed by atoms with Gasteiger partial charge in [-0.1, -0.05) is 126 Å². The molecule has 0 radical (unpaired) electrons. The summed E-state index contributed by atoms with van der Waals surface area (Å²) < 4.78 is 20.6. The molecule has 0 aromatic heterocycles. The summed E-state index contributed by atoms with van der Waals surface area (Å²) in [7, 11) is -0.525. The van der Waals surface area contributed by atoms with Gasteiger partial charge in [0.15, 0.2) is 0 Å². The van der Waals surface area contributed by atoms with E-state index in [1.807, 2.05) is 0 Å². The second-order valence-electron chi connectivity index (χ2n) is 12.3. The van der Waals surface area contributed by atoms with Crippen molar-refractivity contribution in [3.05, 3.63) is 6.92 Å². The summed E-state index contributed by atoms with van der Waals surface area (Å²) in [5.74, 6) is 0. The van der Waals surface area contributed by atoms with Crippen molar-refractivity contribution in [2.45, 2.75) is 196 Å². The number of rotatable bonds is 30. The van der Waals surface area contributed by atoms with Crippen LogP contribution >= 0.6 is 0 Å². The van der Waals surface area contributed by atoms with Crippen LogP contribution in [0.5, 0.6) is 0 Å². The van der Waals surface area contributed by atoms with Gasteiger partial charge in [-0.2, -0.15) is 6.42 Å². The van der Waals surface area contributed by atoms with E-state index in [9.17, 15) is 0 Å². The molecule has 0 rings (SSSR count). The Morgan fingerprint density at radius 3 is 1.41 bits per heavy atom. The smallest absolute Gasteiger partial charge is 0.386 e. The van der Waals surface area contributed by atoms with Gasteiger partial charge in [0.2, 0.25) is 0 Å². The Bertz CT molecular complexity index is 473. The zero-order valence-corrected chi connectivity index (χ0v) is 29.8. The standard InChI is InChI=1S/C32H69BNO3.C4H9/c1-8-15-21-23-28-34(26-17-10-3,27-18-11-4)31(24-14-7)32(25-22-16-9-2)37-33(35-29-19-12-5)36-30-20-13-6;1-3-4-2/h31-32H,8-30H2,1-7H3;1,3-4H2,2H3/q+1;-1. The quantitative estimate of drug-likeness (QED) is 0.0364. The molecule has 2 atom stereocenters. The summed E-state index contributed by atoms with van der Waals surface area (Å²) in [5.41, 5.74) is 0. The van der Waals surface area contributed by atoms with Gasteiger partial charge in [0, 0.05) is 19.6 Å². The fourth-order valence-corrected chi connectivity index (χ4v) is 5.60. The van der Waals surface area contributed by atoms with Crippen molar-refractivity contribution >= 4 is 7.32 Å². The third-order valence-electron chi connectivity index (χ3n) is 8.32. The molecule has 0 saturated carbocycles. The maximum atomic E-state index is 6.94. The molecule has 5 heteroatoms. The van der Waals surface area contributed by atoms with E-state index in [2.05, 4.69) is 62.3 Å². The van der Waals surface area contributed by atoms with Crippen LogP contribution in [0.3, 0.4) is 0 Å². The summed E-state index contributed by atoms with van der Waals surface area (Å²) in [6.45, 7) is 27.2. The van der Waals surface area contributed by atoms with Crippen LogP contribution in [-0.4, -0.2) is 56.8 Å². The maximum Gasteiger partial charge on any atom is 0.639 e. The van der Waals surface area contributed by atoms with Gasteiger partial charge in [-0.15, -0.1) is 0 Å². The first-order valence-corrected chi connectivity index (χ1v) is 18.5. The molecular formula is C36H78BNO3. The van der Waals surface area contributed by atoms with E-state index in [0.29, 0.717) is 6.04 Å². The summed E-state index contributed by atoms with van der Waals surface area (Å²) in [6, 6.07) is 0.522. The Labute approximate surface area is 261 Å². The Morgan fingerprint density at radius 1 is 0.512 bits per heavy atom. The Balaban J connectivity index is 0. The van der Waals surface area contributed by atoms with E-state index in [1.165, 1.54) is 114 Å². The van der Waals surface area contributed by atoms with Crippen LogP contribution < -0.4 is 0 Å². The number of unbranched alkanes of at least 4 members (excludes halogenated alkanes) is 10.